The Balaban J connectivity index is 1.17. The van der Waals surface area contributed by atoms with E-state index in [1.165, 1.54) is 22.1 Å². The van der Waals surface area contributed by atoms with Crippen LogP contribution in [0.4, 0.5) is 0 Å². The predicted molar refractivity (Wildman–Crippen MR) is 121 cm³/mol. The highest BCUT2D eigenvalue weighted by Gasteiger charge is 2.18. The summed E-state index contributed by atoms with van der Waals surface area (Å²) in [5.41, 5.74) is 4.96. The fourth-order valence-corrected chi connectivity index (χ4v) is 4.77. The molecule has 5 rings (SSSR count). The molecule has 4 heteroatoms. The van der Waals surface area contributed by atoms with Gasteiger partial charge in [-0.15, -0.1) is 0 Å². The van der Waals surface area contributed by atoms with Gasteiger partial charge in [0.25, 0.3) is 0 Å². The Hall–Kier alpha value is -2.40. The summed E-state index contributed by atoms with van der Waals surface area (Å²) in [7, 11) is 0. The summed E-state index contributed by atoms with van der Waals surface area (Å²) < 4.78 is 6.12. The minimum Gasteiger partial charge on any atom is -0.460 e. The molecule has 3 heterocycles. The van der Waals surface area contributed by atoms with Crippen molar-refractivity contribution in [3.05, 3.63) is 82.7 Å². The van der Waals surface area contributed by atoms with Gasteiger partial charge in [-0.05, 0) is 58.1 Å². The van der Waals surface area contributed by atoms with Crippen molar-refractivity contribution < 1.29 is 4.42 Å². The number of benzene rings is 2. The molecule has 148 valence electrons. The van der Waals surface area contributed by atoms with Gasteiger partial charge in [0.05, 0.1) is 6.54 Å². The third kappa shape index (κ3) is 4.45. The summed E-state index contributed by atoms with van der Waals surface area (Å²) in [5.74, 6) is 1.07. The Bertz CT molecular complexity index is 1050. The molecule has 2 aromatic carbocycles. The summed E-state index contributed by atoms with van der Waals surface area (Å²) in [6.45, 7) is 6.52. The largest absolute Gasteiger partial charge is 0.460 e. The zero-order valence-corrected chi connectivity index (χ0v) is 17.4. The molecule has 2 aromatic heterocycles. The van der Waals surface area contributed by atoms with Crippen LogP contribution in [0.2, 0.25) is 0 Å². The van der Waals surface area contributed by atoms with E-state index in [2.05, 4.69) is 81.2 Å². The molecular weight excluding hydrogens is 376 g/mol. The van der Waals surface area contributed by atoms with Crippen LogP contribution in [0, 0.1) is 0 Å². The van der Waals surface area contributed by atoms with Crippen molar-refractivity contribution in [2.24, 2.45) is 0 Å². The van der Waals surface area contributed by atoms with Crippen molar-refractivity contribution >= 4 is 22.3 Å². The SMILES string of the molecule is c1ccc(CCN2CCN(Cc3cc4cc(-c5ccsc5)ccc4o3)CC2)cc1. The monoisotopic (exact) mass is 402 g/mol. The lowest BCUT2D eigenvalue weighted by molar-refractivity contribution is 0.122. The molecule has 0 radical (unpaired) electrons. The zero-order valence-electron chi connectivity index (χ0n) is 16.6. The average Bonchev–Trinajstić information content (AvgIpc) is 3.43. The lowest BCUT2D eigenvalue weighted by atomic mass is 10.1. The van der Waals surface area contributed by atoms with Crippen molar-refractivity contribution in [2.45, 2.75) is 13.0 Å². The van der Waals surface area contributed by atoms with Crippen molar-refractivity contribution in [3.8, 4) is 11.1 Å². The summed E-state index contributed by atoms with van der Waals surface area (Å²) >= 11 is 1.74. The number of fused-ring (bicyclic) bond motifs is 1. The zero-order chi connectivity index (χ0) is 19.5. The smallest absolute Gasteiger partial charge is 0.134 e. The van der Waals surface area contributed by atoms with Gasteiger partial charge in [0.15, 0.2) is 0 Å². The maximum atomic E-state index is 6.12. The highest BCUT2D eigenvalue weighted by Crippen LogP contribution is 2.28. The van der Waals surface area contributed by atoms with Crippen LogP contribution in [0.1, 0.15) is 11.3 Å². The van der Waals surface area contributed by atoms with Crippen molar-refractivity contribution in [3.63, 3.8) is 0 Å². The molecule has 0 atom stereocenters. The molecule has 0 unspecified atom stereocenters. The molecular formula is C25H26N2OS. The molecule has 3 nitrogen and oxygen atoms in total. The van der Waals surface area contributed by atoms with E-state index in [-0.39, 0.29) is 0 Å². The Morgan fingerprint density at radius 2 is 1.66 bits per heavy atom. The van der Waals surface area contributed by atoms with Gasteiger partial charge in [-0.1, -0.05) is 36.4 Å². The minimum absolute atomic E-state index is 0.898. The van der Waals surface area contributed by atoms with Crippen LogP contribution < -0.4 is 0 Å². The number of hydrogen-bond acceptors (Lipinski definition) is 4. The van der Waals surface area contributed by atoms with Crippen LogP contribution in [0.3, 0.4) is 0 Å². The number of nitrogens with zero attached hydrogens (tertiary/aromatic N) is 2. The molecule has 0 amide bonds. The third-order valence-electron chi connectivity index (χ3n) is 5.83. The van der Waals surface area contributed by atoms with Crippen LogP contribution in [0.15, 0.2) is 75.8 Å². The molecule has 29 heavy (non-hydrogen) atoms. The molecule has 0 saturated carbocycles. The van der Waals surface area contributed by atoms with Gasteiger partial charge in [0.2, 0.25) is 0 Å². The molecule has 1 saturated heterocycles. The van der Waals surface area contributed by atoms with Crippen LogP contribution in [-0.4, -0.2) is 42.5 Å². The lowest BCUT2D eigenvalue weighted by Crippen LogP contribution is -2.46. The van der Waals surface area contributed by atoms with E-state index in [0.717, 1.165) is 57.0 Å². The predicted octanol–water partition coefficient (Wildman–Crippen LogP) is 5.52. The second kappa shape index (κ2) is 8.54. The van der Waals surface area contributed by atoms with Gasteiger partial charge in [-0.25, -0.2) is 0 Å². The van der Waals surface area contributed by atoms with Crippen LogP contribution in [0.5, 0.6) is 0 Å². The van der Waals surface area contributed by atoms with Crippen LogP contribution in [-0.2, 0) is 13.0 Å². The quantitative estimate of drug-likeness (QED) is 0.423. The number of rotatable bonds is 6. The van der Waals surface area contributed by atoms with Gasteiger partial charge in [-0.2, -0.15) is 11.3 Å². The first kappa shape index (κ1) is 18.6. The van der Waals surface area contributed by atoms with Gasteiger partial charge >= 0.3 is 0 Å². The fraction of sp³-hybridized carbons (Fsp3) is 0.280. The van der Waals surface area contributed by atoms with Crippen LogP contribution >= 0.6 is 11.3 Å². The molecule has 1 fully saturated rings. The molecule has 0 bridgehead atoms. The van der Waals surface area contributed by atoms with Gasteiger partial charge < -0.3 is 9.32 Å². The van der Waals surface area contributed by atoms with E-state index in [1.54, 1.807) is 11.3 Å². The molecule has 0 N–H and O–H groups in total. The third-order valence-corrected chi connectivity index (χ3v) is 6.51. The molecule has 0 aliphatic carbocycles. The van der Waals surface area contributed by atoms with Crippen molar-refractivity contribution in [1.29, 1.82) is 0 Å². The second-order valence-corrected chi connectivity index (χ2v) is 8.61. The highest BCUT2D eigenvalue weighted by molar-refractivity contribution is 7.08. The Labute approximate surface area is 176 Å². The maximum absolute atomic E-state index is 6.12. The summed E-state index contributed by atoms with van der Waals surface area (Å²) in [6, 6.07) is 21.7. The first-order chi connectivity index (χ1) is 14.3. The Morgan fingerprint density at radius 3 is 2.45 bits per heavy atom. The second-order valence-electron chi connectivity index (χ2n) is 7.83. The Morgan fingerprint density at radius 1 is 0.828 bits per heavy atom. The topological polar surface area (TPSA) is 19.6 Å². The van der Waals surface area contributed by atoms with E-state index in [0.29, 0.717) is 0 Å². The highest BCUT2D eigenvalue weighted by atomic mass is 32.1. The average molecular weight is 403 g/mol. The minimum atomic E-state index is 0.898. The van der Waals surface area contributed by atoms with Crippen LogP contribution in [0.25, 0.3) is 22.1 Å². The van der Waals surface area contributed by atoms with Crippen molar-refractivity contribution in [1.82, 2.24) is 9.80 Å². The van der Waals surface area contributed by atoms with Gasteiger partial charge in [0, 0.05) is 38.1 Å². The van der Waals surface area contributed by atoms with Crippen molar-refractivity contribution in [2.75, 3.05) is 32.7 Å². The molecule has 1 aliphatic heterocycles. The maximum Gasteiger partial charge on any atom is 0.134 e. The number of piperazine rings is 1. The molecule has 4 aromatic rings. The Kier molecular flexibility index (Phi) is 5.48. The van der Waals surface area contributed by atoms with E-state index in [4.69, 9.17) is 4.42 Å². The molecule has 0 spiro atoms. The van der Waals surface area contributed by atoms with Gasteiger partial charge in [-0.3, -0.25) is 4.90 Å². The number of furan rings is 1. The standard InChI is InChI=1S/C25H26N2OS/c1-2-4-20(5-3-1)8-10-26-11-13-27(14-12-26)18-24-17-23-16-21(6-7-25(23)28-24)22-9-15-29-19-22/h1-7,9,15-17,19H,8,10-14,18H2. The lowest BCUT2D eigenvalue weighted by Gasteiger charge is -2.34. The van der Waals surface area contributed by atoms with Gasteiger partial charge in [0.1, 0.15) is 11.3 Å². The normalized spacial score (nSPS) is 15.9. The summed E-state index contributed by atoms with van der Waals surface area (Å²) in [5, 5.41) is 5.52. The number of hydrogen-bond donors (Lipinski definition) is 0. The first-order valence-electron chi connectivity index (χ1n) is 10.4. The van der Waals surface area contributed by atoms with E-state index in [1.807, 2.05) is 0 Å². The van der Waals surface area contributed by atoms with E-state index < -0.39 is 0 Å². The number of thiophene rings is 1. The first-order valence-corrected chi connectivity index (χ1v) is 11.3. The summed E-state index contributed by atoms with van der Waals surface area (Å²) in [6.07, 6.45) is 1.14. The fourth-order valence-electron chi connectivity index (χ4n) is 4.11. The van der Waals surface area contributed by atoms with E-state index in [9.17, 15) is 0 Å². The molecule has 1 aliphatic rings. The van der Waals surface area contributed by atoms with E-state index >= 15 is 0 Å². The summed E-state index contributed by atoms with van der Waals surface area (Å²) in [4.78, 5) is 5.09.